The molecule has 1 aliphatic rings. The molecule has 0 spiro atoms. The zero-order chi connectivity index (χ0) is 11.4. The van der Waals surface area contributed by atoms with Crippen LogP contribution in [-0.2, 0) is 6.42 Å². The maximum Gasteiger partial charge on any atom is 0.251 e. The summed E-state index contributed by atoms with van der Waals surface area (Å²) in [7, 11) is 0. The highest BCUT2D eigenvalue weighted by Gasteiger charge is 2.14. The van der Waals surface area contributed by atoms with Crippen LogP contribution in [0.3, 0.4) is 0 Å². The highest BCUT2D eigenvalue weighted by atomic mass is 79.9. The molecule has 2 rings (SSSR count). The van der Waals surface area contributed by atoms with E-state index in [0.717, 1.165) is 41.7 Å². The van der Waals surface area contributed by atoms with E-state index in [-0.39, 0.29) is 5.91 Å². The van der Waals surface area contributed by atoms with Gasteiger partial charge in [0.25, 0.3) is 5.91 Å². The molecule has 1 aromatic rings. The molecule has 1 heterocycles. The molecule has 3 nitrogen and oxygen atoms in total. The summed E-state index contributed by atoms with van der Waals surface area (Å²) in [6.45, 7) is 1.43. The van der Waals surface area contributed by atoms with Crippen LogP contribution in [0.25, 0.3) is 0 Å². The Morgan fingerprint density at radius 3 is 3.19 bits per heavy atom. The van der Waals surface area contributed by atoms with Gasteiger partial charge in [-0.25, -0.2) is 0 Å². The van der Waals surface area contributed by atoms with Crippen LogP contribution in [0.4, 0.5) is 0 Å². The van der Waals surface area contributed by atoms with Crippen molar-refractivity contribution in [1.29, 1.82) is 0 Å². The Balaban J connectivity index is 2.01. The molecule has 0 unspecified atom stereocenters. The topological polar surface area (TPSA) is 38.3 Å². The van der Waals surface area contributed by atoms with E-state index in [9.17, 15) is 4.79 Å². The first kappa shape index (κ1) is 11.5. The van der Waals surface area contributed by atoms with Crippen LogP contribution >= 0.6 is 15.9 Å². The molecule has 0 saturated carbocycles. The zero-order valence-corrected chi connectivity index (χ0v) is 10.5. The molecule has 0 fully saturated rings. The van der Waals surface area contributed by atoms with E-state index in [1.165, 1.54) is 0 Å². The summed E-state index contributed by atoms with van der Waals surface area (Å²) >= 11 is 3.33. The van der Waals surface area contributed by atoms with Gasteiger partial charge in [0.15, 0.2) is 0 Å². The molecule has 0 atom stereocenters. The van der Waals surface area contributed by atoms with Crippen LogP contribution in [0.2, 0.25) is 0 Å². The smallest absolute Gasteiger partial charge is 0.251 e. The van der Waals surface area contributed by atoms with Gasteiger partial charge in [0.1, 0.15) is 5.75 Å². The summed E-state index contributed by atoms with van der Waals surface area (Å²) in [5.74, 6) is 0.910. The summed E-state index contributed by atoms with van der Waals surface area (Å²) in [5.41, 5.74) is 1.85. The molecule has 1 amide bonds. The summed E-state index contributed by atoms with van der Waals surface area (Å²) in [6, 6.07) is 5.61. The van der Waals surface area contributed by atoms with Crippen molar-refractivity contribution < 1.29 is 9.53 Å². The minimum Gasteiger partial charge on any atom is -0.493 e. The van der Waals surface area contributed by atoms with E-state index < -0.39 is 0 Å². The van der Waals surface area contributed by atoms with Crippen LogP contribution in [0.5, 0.6) is 5.75 Å². The summed E-state index contributed by atoms with van der Waals surface area (Å²) in [6.07, 6.45) is 1.84. The zero-order valence-electron chi connectivity index (χ0n) is 8.96. The molecule has 1 N–H and O–H groups in total. The Kier molecular flexibility index (Phi) is 3.83. The molecule has 0 aromatic heterocycles. The van der Waals surface area contributed by atoms with Crippen molar-refractivity contribution in [3.63, 3.8) is 0 Å². The average molecular weight is 284 g/mol. The van der Waals surface area contributed by atoms with E-state index in [2.05, 4.69) is 21.2 Å². The third-order valence-electron chi connectivity index (χ3n) is 2.55. The molecule has 1 aliphatic heterocycles. The number of carbonyl (C=O) groups excluding carboxylic acids is 1. The summed E-state index contributed by atoms with van der Waals surface area (Å²) < 4.78 is 5.39. The predicted molar refractivity (Wildman–Crippen MR) is 66.4 cm³/mol. The third-order valence-corrected chi connectivity index (χ3v) is 3.11. The first-order chi connectivity index (χ1) is 7.81. The van der Waals surface area contributed by atoms with Crippen molar-refractivity contribution in [3.8, 4) is 5.75 Å². The van der Waals surface area contributed by atoms with Gasteiger partial charge in [0, 0.05) is 23.9 Å². The minimum absolute atomic E-state index is 0.00403. The number of fused-ring (bicyclic) bond motifs is 1. The Hall–Kier alpha value is -1.03. The highest BCUT2D eigenvalue weighted by molar-refractivity contribution is 9.09. The fourth-order valence-electron chi connectivity index (χ4n) is 1.70. The second-order valence-electron chi connectivity index (χ2n) is 3.72. The number of rotatable bonds is 4. The van der Waals surface area contributed by atoms with Gasteiger partial charge in [-0.15, -0.1) is 0 Å². The fraction of sp³-hybridized carbons (Fsp3) is 0.417. The van der Waals surface area contributed by atoms with Gasteiger partial charge in [-0.1, -0.05) is 15.9 Å². The van der Waals surface area contributed by atoms with Crippen molar-refractivity contribution in [2.24, 2.45) is 0 Å². The number of benzene rings is 1. The molecule has 0 bridgehead atoms. The number of halogens is 1. The van der Waals surface area contributed by atoms with Crippen molar-refractivity contribution in [2.75, 3.05) is 18.5 Å². The van der Waals surface area contributed by atoms with Gasteiger partial charge in [-0.2, -0.15) is 0 Å². The van der Waals surface area contributed by atoms with Gasteiger partial charge in [0.2, 0.25) is 0 Å². The van der Waals surface area contributed by atoms with Gasteiger partial charge >= 0.3 is 0 Å². The number of hydrogen-bond acceptors (Lipinski definition) is 2. The van der Waals surface area contributed by atoms with Gasteiger partial charge in [0.05, 0.1) is 6.61 Å². The normalized spacial score (nSPS) is 13.1. The second kappa shape index (κ2) is 5.34. The van der Waals surface area contributed by atoms with E-state index in [4.69, 9.17) is 4.74 Å². The SMILES string of the molecule is O=C(NCCCBr)c1ccc2c(c1)CCO2. The van der Waals surface area contributed by atoms with Crippen molar-refractivity contribution >= 4 is 21.8 Å². The Bertz CT molecular complexity index is 393. The summed E-state index contributed by atoms with van der Waals surface area (Å²) in [5, 5.41) is 3.79. The largest absolute Gasteiger partial charge is 0.493 e. The maximum atomic E-state index is 11.8. The monoisotopic (exact) mass is 283 g/mol. The molecule has 86 valence electrons. The fourth-order valence-corrected chi connectivity index (χ4v) is 1.98. The lowest BCUT2D eigenvalue weighted by Gasteiger charge is -2.05. The lowest BCUT2D eigenvalue weighted by Crippen LogP contribution is -2.24. The molecule has 0 radical (unpaired) electrons. The Morgan fingerprint density at radius 2 is 2.38 bits per heavy atom. The number of carbonyl (C=O) groups is 1. The van der Waals surface area contributed by atoms with Crippen LogP contribution in [-0.4, -0.2) is 24.4 Å². The molecule has 1 aromatic carbocycles. The molecular formula is C12H14BrNO2. The predicted octanol–water partition coefficient (Wildman–Crippen LogP) is 2.14. The van der Waals surface area contributed by atoms with Gasteiger partial charge in [-0.05, 0) is 30.2 Å². The molecular weight excluding hydrogens is 270 g/mol. The van der Waals surface area contributed by atoms with Crippen LogP contribution in [0.15, 0.2) is 18.2 Å². The van der Waals surface area contributed by atoms with Crippen molar-refractivity contribution in [2.45, 2.75) is 12.8 Å². The van der Waals surface area contributed by atoms with Crippen LogP contribution < -0.4 is 10.1 Å². The van der Waals surface area contributed by atoms with E-state index in [0.29, 0.717) is 6.54 Å². The molecule has 16 heavy (non-hydrogen) atoms. The first-order valence-corrected chi connectivity index (χ1v) is 6.53. The number of alkyl halides is 1. The lowest BCUT2D eigenvalue weighted by atomic mass is 10.1. The number of ether oxygens (including phenoxy) is 1. The number of nitrogens with one attached hydrogen (secondary N) is 1. The second-order valence-corrected chi connectivity index (χ2v) is 4.51. The van der Waals surface area contributed by atoms with E-state index >= 15 is 0 Å². The van der Waals surface area contributed by atoms with Crippen LogP contribution in [0, 0.1) is 0 Å². The maximum absolute atomic E-state index is 11.8. The Morgan fingerprint density at radius 1 is 1.50 bits per heavy atom. The minimum atomic E-state index is -0.00403. The van der Waals surface area contributed by atoms with Crippen molar-refractivity contribution in [3.05, 3.63) is 29.3 Å². The van der Waals surface area contributed by atoms with Gasteiger partial charge < -0.3 is 10.1 Å². The van der Waals surface area contributed by atoms with Crippen molar-refractivity contribution in [1.82, 2.24) is 5.32 Å². The van der Waals surface area contributed by atoms with E-state index in [1.807, 2.05) is 18.2 Å². The lowest BCUT2D eigenvalue weighted by molar-refractivity contribution is 0.0954. The number of amides is 1. The third kappa shape index (κ3) is 2.55. The molecule has 0 aliphatic carbocycles. The average Bonchev–Trinajstić information content (AvgIpc) is 2.76. The highest BCUT2D eigenvalue weighted by Crippen LogP contribution is 2.25. The molecule has 4 heteroatoms. The standard InChI is InChI=1S/C12H14BrNO2/c13-5-1-6-14-12(15)10-2-3-11-9(8-10)4-7-16-11/h2-3,8H,1,4-7H2,(H,14,15). The number of hydrogen-bond donors (Lipinski definition) is 1. The molecule has 0 saturated heterocycles. The first-order valence-electron chi connectivity index (χ1n) is 5.41. The van der Waals surface area contributed by atoms with E-state index in [1.54, 1.807) is 0 Å². The summed E-state index contributed by atoms with van der Waals surface area (Å²) in [4.78, 5) is 11.8. The Labute approximate surface area is 103 Å². The quantitative estimate of drug-likeness (QED) is 0.679. The van der Waals surface area contributed by atoms with Gasteiger partial charge in [-0.3, -0.25) is 4.79 Å². The van der Waals surface area contributed by atoms with Crippen LogP contribution in [0.1, 0.15) is 22.3 Å².